The largest absolute Gasteiger partial charge is 0.371 e. The van der Waals surface area contributed by atoms with Crippen molar-refractivity contribution in [2.75, 3.05) is 6.61 Å². The molecule has 6 heteroatoms. The summed E-state index contributed by atoms with van der Waals surface area (Å²) in [5, 5.41) is 11.1. The van der Waals surface area contributed by atoms with Crippen LogP contribution in [0.2, 0.25) is 0 Å². The Balaban J connectivity index is 1.71. The van der Waals surface area contributed by atoms with Crippen LogP contribution in [-0.4, -0.2) is 28.3 Å². The minimum Gasteiger partial charge on any atom is -0.371 e. The fourth-order valence-corrected chi connectivity index (χ4v) is 3.05. The molecule has 2 atom stereocenters. The lowest BCUT2D eigenvalue weighted by Gasteiger charge is -2.18. The quantitative estimate of drug-likeness (QED) is 0.939. The molecule has 1 saturated heterocycles. The van der Waals surface area contributed by atoms with Crippen molar-refractivity contribution in [3.05, 3.63) is 40.3 Å². The molecule has 1 aliphatic heterocycles. The van der Waals surface area contributed by atoms with Crippen molar-refractivity contribution in [1.82, 2.24) is 15.1 Å². The predicted octanol–water partition coefficient (Wildman–Crippen LogP) is 2.22. The van der Waals surface area contributed by atoms with E-state index in [-0.39, 0.29) is 18.1 Å². The van der Waals surface area contributed by atoms with Crippen LogP contribution >= 0.6 is 11.3 Å². The molecule has 20 heavy (non-hydrogen) atoms. The summed E-state index contributed by atoms with van der Waals surface area (Å²) < 4.78 is 7.63. The lowest BCUT2D eigenvalue weighted by atomic mass is 10.1. The van der Waals surface area contributed by atoms with E-state index >= 15 is 0 Å². The molecular weight excluding hydrogens is 274 g/mol. The van der Waals surface area contributed by atoms with E-state index in [1.165, 1.54) is 11.3 Å². The van der Waals surface area contributed by atoms with Crippen molar-refractivity contribution in [2.24, 2.45) is 0 Å². The zero-order valence-electron chi connectivity index (χ0n) is 11.3. The lowest BCUT2D eigenvalue weighted by Crippen LogP contribution is -2.36. The van der Waals surface area contributed by atoms with Gasteiger partial charge in [-0.25, -0.2) is 0 Å². The van der Waals surface area contributed by atoms with Gasteiger partial charge < -0.3 is 10.1 Å². The Labute approximate surface area is 121 Å². The fourth-order valence-electron chi connectivity index (χ4n) is 2.41. The summed E-state index contributed by atoms with van der Waals surface area (Å²) in [7, 11) is 0. The third-order valence-electron chi connectivity index (χ3n) is 3.50. The average molecular weight is 291 g/mol. The van der Waals surface area contributed by atoms with Crippen molar-refractivity contribution in [2.45, 2.75) is 32.0 Å². The molecule has 3 heterocycles. The van der Waals surface area contributed by atoms with Gasteiger partial charge in [0.05, 0.1) is 12.2 Å². The van der Waals surface area contributed by atoms with E-state index in [1.54, 1.807) is 0 Å². The first-order chi connectivity index (χ1) is 9.78. The normalized spacial score (nSPS) is 22.1. The van der Waals surface area contributed by atoms with Gasteiger partial charge in [-0.05, 0) is 24.8 Å². The van der Waals surface area contributed by atoms with Crippen LogP contribution in [0.25, 0.3) is 0 Å². The molecule has 0 radical (unpaired) electrons. The van der Waals surface area contributed by atoms with Crippen molar-refractivity contribution >= 4 is 17.2 Å². The Morgan fingerprint density at radius 2 is 2.55 bits per heavy atom. The third-order valence-corrected chi connectivity index (χ3v) is 4.18. The van der Waals surface area contributed by atoms with Gasteiger partial charge >= 0.3 is 0 Å². The second-order valence-electron chi connectivity index (χ2n) is 4.80. The maximum Gasteiger partial charge on any atom is 0.252 e. The van der Waals surface area contributed by atoms with Crippen LogP contribution in [0, 0.1) is 0 Å². The number of nitrogens with zero attached hydrogens (tertiary/aromatic N) is 2. The number of carbonyl (C=O) groups is 1. The average Bonchev–Trinajstić information content (AvgIpc) is 3.19. The van der Waals surface area contributed by atoms with Crippen LogP contribution in [-0.2, 0) is 11.3 Å². The summed E-state index contributed by atoms with van der Waals surface area (Å²) in [5.41, 5.74) is 1.74. The monoisotopic (exact) mass is 291 g/mol. The molecule has 5 nitrogen and oxygen atoms in total. The number of amides is 1. The van der Waals surface area contributed by atoms with Gasteiger partial charge in [-0.1, -0.05) is 0 Å². The number of hydrogen-bond donors (Lipinski definition) is 1. The molecule has 0 unspecified atom stereocenters. The summed E-state index contributed by atoms with van der Waals surface area (Å²) >= 11 is 1.52. The van der Waals surface area contributed by atoms with E-state index in [4.69, 9.17) is 4.74 Å². The van der Waals surface area contributed by atoms with E-state index in [0.717, 1.165) is 18.5 Å². The number of carbonyl (C=O) groups excluding carboxylic acids is 1. The smallest absolute Gasteiger partial charge is 0.252 e. The van der Waals surface area contributed by atoms with Crippen molar-refractivity contribution in [3.63, 3.8) is 0 Å². The van der Waals surface area contributed by atoms with Crippen LogP contribution in [0.3, 0.4) is 0 Å². The molecule has 106 valence electrons. The van der Waals surface area contributed by atoms with Gasteiger partial charge in [0.2, 0.25) is 0 Å². The van der Waals surface area contributed by atoms with E-state index < -0.39 is 0 Å². The summed E-state index contributed by atoms with van der Waals surface area (Å²) in [5.74, 6) is -0.0327. The second kappa shape index (κ2) is 5.76. The highest BCUT2D eigenvalue weighted by Gasteiger charge is 2.32. The highest BCUT2D eigenvalue weighted by Crippen LogP contribution is 2.29. The van der Waals surface area contributed by atoms with Crippen LogP contribution < -0.4 is 5.32 Å². The molecule has 2 aromatic rings. The maximum absolute atomic E-state index is 12.1. The molecule has 3 rings (SSSR count). The number of nitrogens with one attached hydrogen (secondary N) is 1. The topological polar surface area (TPSA) is 56.1 Å². The van der Waals surface area contributed by atoms with Crippen molar-refractivity contribution in [3.8, 4) is 0 Å². The first-order valence-corrected chi connectivity index (χ1v) is 7.69. The van der Waals surface area contributed by atoms with Gasteiger partial charge in [0, 0.05) is 35.9 Å². The molecular formula is C14H17N3O2S. The minimum absolute atomic E-state index is 0.0110. The second-order valence-corrected chi connectivity index (χ2v) is 5.58. The van der Waals surface area contributed by atoms with Crippen LogP contribution in [0.15, 0.2) is 29.2 Å². The zero-order valence-corrected chi connectivity index (χ0v) is 12.1. The molecule has 0 aliphatic carbocycles. The molecule has 0 spiro atoms. The number of rotatable bonds is 4. The molecule has 1 amide bonds. The Bertz CT molecular complexity index is 579. The Morgan fingerprint density at radius 1 is 1.65 bits per heavy atom. The minimum atomic E-state index is -0.0992. The van der Waals surface area contributed by atoms with Crippen LogP contribution in [0.5, 0.6) is 0 Å². The van der Waals surface area contributed by atoms with Crippen molar-refractivity contribution < 1.29 is 9.53 Å². The SMILES string of the molecule is CCn1cc([C@H]2OCC[C@@H]2NC(=O)c2ccsc2)cn1. The summed E-state index contributed by atoms with van der Waals surface area (Å²) in [6.45, 7) is 3.54. The third kappa shape index (κ3) is 2.62. The molecule has 0 bridgehead atoms. The highest BCUT2D eigenvalue weighted by atomic mass is 32.1. The van der Waals surface area contributed by atoms with Crippen molar-refractivity contribution in [1.29, 1.82) is 0 Å². The number of aryl methyl sites for hydroxylation is 1. The van der Waals surface area contributed by atoms with E-state index in [2.05, 4.69) is 10.4 Å². The number of hydrogen-bond acceptors (Lipinski definition) is 4. The van der Waals surface area contributed by atoms with Gasteiger partial charge in [-0.3, -0.25) is 9.48 Å². The van der Waals surface area contributed by atoms with E-state index in [1.807, 2.05) is 40.8 Å². The number of ether oxygens (including phenoxy) is 1. The summed E-state index contributed by atoms with van der Waals surface area (Å²) in [6, 6.07) is 1.84. The van der Waals surface area contributed by atoms with Crippen LogP contribution in [0.4, 0.5) is 0 Å². The first-order valence-electron chi connectivity index (χ1n) is 6.75. The summed E-state index contributed by atoms with van der Waals surface area (Å²) in [4.78, 5) is 12.1. The maximum atomic E-state index is 12.1. The van der Waals surface area contributed by atoms with Gasteiger partial charge in [-0.2, -0.15) is 16.4 Å². The predicted molar refractivity (Wildman–Crippen MR) is 76.8 cm³/mol. The molecule has 0 aromatic carbocycles. The van der Waals surface area contributed by atoms with Gasteiger partial charge in [0.15, 0.2) is 0 Å². The molecule has 2 aromatic heterocycles. The molecule has 1 N–H and O–H groups in total. The standard InChI is InChI=1S/C14H17N3O2S/c1-2-17-8-11(7-15-17)13-12(3-5-19-13)16-14(18)10-4-6-20-9-10/h4,6-9,12-13H,2-3,5H2,1H3,(H,16,18)/t12-,13+/m0/s1. The lowest BCUT2D eigenvalue weighted by molar-refractivity contribution is 0.0821. The summed E-state index contributed by atoms with van der Waals surface area (Å²) in [6.07, 6.45) is 4.54. The fraction of sp³-hybridized carbons (Fsp3) is 0.429. The van der Waals surface area contributed by atoms with Gasteiger partial charge in [0.1, 0.15) is 6.10 Å². The first kappa shape index (κ1) is 13.3. The Morgan fingerprint density at radius 3 is 3.25 bits per heavy atom. The number of thiophene rings is 1. The van der Waals surface area contributed by atoms with E-state index in [9.17, 15) is 4.79 Å². The van der Waals surface area contributed by atoms with Gasteiger partial charge in [0.25, 0.3) is 5.91 Å². The van der Waals surface area contributed by atoms with Gasteiger partial charge in [-0.15, -0.1) is 0 Å². The Hall–Kier alpha value is -1.66. The van der Waals surface area contributed by atoms with E-state index in [0.29, 0.717) is 12.2 Å². The molecule has 1 aliphatic rings. The number of aromatic nitrogens is 2. The highest BCUT2D eigenvalue weighted by molar-refractivity contribution is 7.08. The molecule has 1 fully saturated rings. The molecule has 0 saturated carbocycles. The Kier molecular flexibility index (Phi) is 3.84. The zero-order chi connectivity index (χ0) is 13.9. The van der Waals surface area contributed by atoms with Crippen LogP contribution in [0.1, 0.15) is 35.4 Å².